The third kappa shape index (κ3) is 3.13. The number of hydrogen-bond donors (Lipinski definition) is 0. The molecule has 1 aromatic rings. The minimum atomic E-state index is -0.454. The molecule has 1 heterocycles. The molecular formula is C15H19NO3. The molecule has 19 heavy (non-hydrogen) atoms. The van der Waals surface area contributed by atoms with E-state index in [2.05, 4.69) is 0 Å². The van der Waals surface area contributed by atoms with Crippen LogP contribution >= 0.6 is 0 Å². The average molecular weight is 261 g/mol. The van der Waals surface area contributed by atoms with Gasteiger partial charge in [0, 0.05) is 13.0 Å². The smallest absolute Gasteiger partial charge is 0.329 e. The van der Waals surface area contributed by atoms with E-state index in [1.54, 1.807) is 4.90 Å². The van der Waals surface area contributed by atoms with E-state index in [0.717, 1.165) is 5.56 Å². The number of nitrogens with zero attached hydrogens (tertiary/aromatic N) is 1. The van der Waals surface area contributed by atoms with E-state index in [-0.39, 0.29) is 24.4 Å². The van der Waals surface area contributed by atoms with Crippen LogP contribution in [0.5, 0.6) is 0 Å². The summed E-state index contributed by atoms with van der Waals surface area (Å²) < 4.78 is 5.32. The van der Waals surface area contributed by atoms with Crippen LogP contribution in [0.4, 0.5) is 0 Å². The molecule has 4 nitrogen and oxygen atoms in total. The summed E-state index contributed by atoms with van der Waals surface area (Å²) in [5, 5.41) is 0. The van der Waals surface area contributed by atoms with Crippen LogP contribution in [0.15, 0.2) is 30.3 Å². The van der Waals surface area contributed by atoms with Crippen molar-refractivity contribution in [1.82, 2.24) is 4.90 Å². The predicted octanol–water partition coefficient (Wildman–Crippen LogP) is 1.99. The Kier molecular flexibility index (Phi) is 4.20. The van der Waals surface area contributed by atoms with E-state index in [0.29, 0.717) is 13.0 Å². The first-order valence-electron chi connectivity index (χ1n) is 6.59. The zero-order valence-electron chi connectivity index (χ0n) is 11.3. The molecule has 1 amide bonds. The SMILES string of the molecule is CC(C)C(C(=O)OCc1ccccc1)N1CCC1=O. The number of hydrogen-bond acceptors (Lipinski definition) is 3. The number of amides is 1. The van der Waals surface area contributed by atoms with Gasteiger partial charge in [0.05, 0.1) is 0 Å². The highest BCUT2D eigenvalue weighted by atomic mass is 16.5. The summed E-state index contributed by atoms with van der Waals surface area (Å²) >= 11 is 0. The lowest BCUT2D eigenvalue weighted by Crippen LogP contribution is -2.55. The lowest BCUT2D eigenvalue weighted by atomic mass is 9.98. The third-order valence-electron chi connectivity index (χ3n) is 3.32. The minimum Gasteiger partial charge on any atom is -0.459 e. The van der Waals surface area contributed by atoms with E-state index in [1.165, 1.54) is 0 Å². The van der Waals surface area contributed by atoms with Gasteiger partial charge in [0.15, 0.2) is 0 Å². The molecule has 4 heteroatoms. The van der Waals surface area contributed by atoms with Crippen molar-refractivity contribution in [3.8, 4) is 0 Å². The Labute approximate surface area is 113 Å². The summed E-state index contributed by atoms with van der Waals surface area (Å²) in [7, 11) is 0. The predicted molar refractivity (Wildman–Crippen MR) is 71.2 cm³/mol. The van der Waals surface area contributed by atoms with Crippen molar-refractivity contribution in [3.63, 3.8) is 0 Å². The maximum absolute atomic E-state index is 12.1. The van der Waals surface area contributed by atoms with Gasteiger partial charge >= 0.3 is 5.97 Å². The highest BCUT2D eigenvalue weighted by Gasteiger charge is 2.38. The second-order valence-corrected chi connectivity index (χ2v) is 5.12. The molecule has 1 aliphatic rings. The summed E-state index contributed by atoms with van der Waals surface area (Å²) in [6.07, 6.45) is 0.537. The molecule has 0 saturated carbocycles. The van der Waals surface area contributed by atoms with Gasteiger partial charge in [-0.05, 0) is 11.5 Å². The third-order valence-corrected chi connectivity index (χ3v) is 3.32. The van der Waals surface area contributed by atoms with Gasteiger partial charge in [-0.3, -0.25) is 4.79 Å². The van der Waals surface area contributed by atoms with E-state index in [4.69, 9.17) is 4.74 Å². The molecule has 0 spiro atoms. The Hall–Kier alpha value is -1.84. The lowest BCUT2D eigenvalue weighted by Gasteiger charge is -2.38. The Balaban J connectivity index is 1.95. The van der Waals surface area contributed by atoms with Crippen LogP contribution in [0.2, 0.25) is 0 Å². The van der Waals surface area contributed by atoms with E-state index in [1.807, 2.05) is 44.2 Å². The second kappa shape index (κ2) is 5.87. The molecule has 1 aliphatic heterocycles. The fourth-order valence-corrected chi connectivity index (χ4v) is 2.20. The average Bonchev–Trinajstić information content (AvgIpc) is 2.41. The van der Waals surface area contributed by atoms with Crippen LogP contribution in [0, 0.1) is 5.92 Å². The molecule has 0 N–H and O–H groups in total. The number of benzene rings is 1. The first-order valence-corrected chi connectivity index (χ1v) is 6.59. The largest absolute Gasteiger partial charge is 0.459 e. The molecule has 1 fully saturated rings. The van der Waals surface area contributed by atoms with Crippen molar-refractivity contribution in [3.05, 3.63) is 35.9 Å². The van der Waals surface area contributed by atoms with Crippen LogP contribution in [0.25, 0.3) is 0 Å². The van der Waals surface area contributed by atoms with Crippen LogP contribution in [-0.4, -0.2) is 29.4 Å². The van der Waals surface area contributed by atoms with Gasteiger partial charge < -0.3 is 9.64 Å². The molecular weight excluding hydrogens is 242 g/mol. The first-order chi connectivity index (χ1) is 9.09. The maximum atomic E-state index is 12.1. The molecule has 0 bridgehead atoms. The Bertz CT molecular complexity index is 456. The Morgan fingerprint density at radius 3 is 2.47 bits per heavy atom. The summed E-state index contributed by atoms with van der Waals surface area (Å²) in [5.74, 6) is -0.213. The molecule has 0 aliphatic carbocycles. The molecule has 102 valence electrons. The number of ether oxygens (including phenoxy) is 1. The van der Waals surface area contributed by atoms with Gasteiger partial charge in [-0.1, -0.05) is 44.2 Å². The van der Waals surface area contributed by atoms with Crippen molar-refractivity contribution in [2.45, 2.75) is 32.9 Å². The van der Waals surface area contributed by atoms with E-state index < -0.39 is 6.04 Å². The second-order valence-electron chi connectivity index (χ2n) is 5.12. The highest BCUT2D eigenvalue weighted by molar-refractivity contribution is 5.88. The fourth-order valence-electron chi connectivity index (χ4n) is 2.20. The van der Waals surface area contributed by atoms with Gasteiger partial charge in [-0.2, -0.15) is 0 Å². The topological polar surface area (TPSA) is 46.6 Å². The van der Waals surface area contributed by atoms with Crippen LogP contribution in [0.1, 0.15) is 25.8 Å². The molecule has 1 unspecified atom stereocenters. The maximum Gasteiger partial charge on any atom is 0.329 e. The van der Waals surface area contributed by atoms with Gasteiger partial charge in [0.25, 0.3) is 0 Å². The molecule has 0 aromatic heterocycles. The highest BCUT2D eigenvalue weighted by Crippen LogP contribution is 2.21. The fraction of sp³-hybridized carbons (Fsp3) is 0.467. The standard InChI is InChI=1S/C15H19NO3/c1-11(2)14(16-9-8-13(16)17)15(18)19-10-12-6-4-3-5-7-12/h3-7,11,14H,8-10H2,1-2H3. The molecule has 1 saturated heterocycles. The van der Waals surface area contributed by atoms with Crippen molar-refractivity contribution >= 4 is 11.9 Å². The van der Waals surface area contributed by atoms with Crippen molar-refractivity contribution in [2.75, 3.05) is 6.54 Å². The van der Waals surface area contributed by atoms with Crippen molar-refractivity contribution < 1.29 is 14.3 Å². The van der Waals surface area contributed by atoms with Crippen molar-refractivity contribution in [1.29, 1.82) is 0 Å². The zero-order valence-corrected chi connectivity index (χ0v) is 11.3. The monoisotopic (exact) mass is 261 g/mol. The Morgan fingerprint density at radius 1 is 1.32 bits per heavy atom. The summed E-state index contributed by atoms with van der Waals surface area (Å²) in [6.45, 7) is 4.77. The number of likely N-dealkylation sites (tertiary alicyclic amines) is 1. The number of carbonyl (C=O) groups excluding carboxylic acids is 2. The quantitative estimate of drug-likeness (QED) is 0.601. The number of rotatable bonds is 5. The summed E-state index contributed by atoms with van der Waals surface area (Å²) in [5.41, 5.74) is 0.952. The molecule has 2 rings (SSSR count). The van der Waals surface area contributed by atoms with Gasteiger partial charge in [0.1, 0.15) is 12.6 Å². The first kappa shape index (κ1) is 13.6. The van der Waals surface area contributed by atoms with Gasteiger partial charge in [0.2, 0.25) is 5.91 Å². The van der Waals surface area contributed by atoms with Crippen LogP contribution < -0.4 is 0 Å². The van der Waals surface area contributed by atoms with Crippen LogP contribution in [-0.2, 0) is 20.9 Å². The minimum absolute atomic E-state index is 0.0374. The van der Waals surface area contributed by atoms with Gasteiger partial charge in [-0.25, -0.2) is 4.79 Å². The summed E-state index contributed by atoms with van der Waals surface area (Å²) in [4.78, 5) is 25.2. The van der Waals surface area contributed by atoms with Crippen LogP contribution in [0.3, 0.4) is 0 Å². The van der Waals surface area contributed by atoms with Crippen molar-refractivity contribution in [2.24, 2.45) is 5.92 Å². The Morgan fingerprint density at radius 2 is 2.00 bits per heavy atom. The zero-order chi connectivity index (χ0) is 13.8. The number of esters is 1. The normalized spacial score (nSPS) is 16.2. The van der Waals surface area contributed by atoms with Gasteiger partial charge in [-0.15, -0.1) is 0 Å². The lowest BCUT2D eigenvalue weighted by molar-refractivity contribution is -0.163. The molecule has 1 aromatic carbocycles. The molecule has 1 atom stereocenters. The molecule has 0 radical (unpaired) electrons. The van der Waals surface area contributed by atoms with E-state index in [9.17, 15) is 9.59 Å². The number of β-lactam (4-membered cyclic amide) rings is 1. The number of carbonyl (C=O) groups is 2. The van der Waals surface area contributed by atoms with E-state index >= 15 is 0 Å². The summed E-state index contributed by atoms with van der Waals surface area (Å²) in [6, 6.07) is 9.09.